The van der Waals surface area contributed by atoms with Crippen LogP contribution in [0.25, 0.3) is 44.2 Å². The van der Waals surface area contributed by atoms with E-state index < -0.39 is 0 Å². The van der Waals surface area contributed by atoms with Crippen molar-refractivity contribution >= 4 is 21.7 Å². The standard InChI is InChI=1S/C26H20O3/c1-27-20-12-7-18(8-13-20)24-23-16-11-17-5-3-4-6-22(17)26(23)29-25(24)19-9-14-21(28-2)15-10-19/h3-16H,1-2H3. The highest BCUT2D eigenvalue weighted by Crippen LogP contribution is 2.43. The van der Waals surface area contributed by atoms with Gasteiger partial charge in [0.1, 0.15) is 22.8 Å². The summed E-state index contributed by atoms with van der Waals surface area (Å²) in [5.41, 5.74) is 4.08. The van der Waals surface area contributed by atoms with Crippen LogP contribution in [-0.4, -0.2) is 14.2 Å². The van der Waals surface area contributed by atoms with Crippen molar-refractivity contribution in [3.63, 3.8) is 0 Å². The largest absolute Gasteiger partial charge is 0.497 e. The van der Waals surface area contributed by atoms with Crippen LogP contribution in [0.2, 0.25) is 0 Å². The molecule has 1 heterocycles. The van der Waals surface area contributed by atoms with E-state index in [0.717, 1.165) is 55.7 Å². The fourth-order valence-electron chi connectivity index (χ4n) is 3.82. The zero-order valence-electron chi connectivity index (χ0n) is 16.3. The van der Waals surface area contributed by atoms with Crippen LogP contribution in [0.15, 0.2) is 89.3 Å². The molecule has 0 spiro atoms. The lowest BCUT2D eigenvalue weighted by molar-refractivity contribution is 0.414. The van der Waals surface area contributed by atoms with Gasteiger partial charge in [0, 0.05) is 21.9 Å². The van der Waals surface area contributed by atoms with Crippen LogP contribution >= 0.6 is 0 Å². The van der Waals surface area contributed by atoms with E-state index in [2.05, 4.69) is 36.4 Å². The van der Waals surface area contributed by atoms with Crippen LogP contribution in [0.5, 0.6) is 11.5 Å². The lowest BCUT2D eigenvalue weighted by atomic mass is 9.97. The molecule has 3 nitrogen and oxygen atoms in total. The lowest BCUT2D eigenvalue weighted by Crippen LogP contribution is -1.85. The number of ether oxygens (including phenoxy) is 2. The molecule has 0 bridgehead atoms. The third kappa shape index (κ3) is 2.92. The van der Waals surface area contributed by atoms with E-state index >= 15 is 0 Å². The summed E-state index contributed by atoms with van der Waals surface area (Å²) >= 11 is 0. The van der Waals surface area contributed by atoms with Gasteiger partial charge in [0.2, 0.25) is 0 Å². The second kappa shape index (κ2) is 7.02. The van der Waals surface area contributed by atoms with Gasteiger partial charge in [-0.2, -0.15) is 0 Å². The Kier molecular flexibility index (Phi) is 4.21. The van der Waals surface area contributed by atoms with Gasteiger partial charge in [0.15, 0.2) is 0 Å². The fourth-order valence-corrected chi connectivity index (χ4v) is 3.82. The summed E-state index contributed by atoms with van der Waals surface area (Å²) in [5, 5.41) is 3.37. The molecule has 4 aromatic carbocycles. The fraction of sp³-hybridized carbons (Fsp3) is 0.0769. The molecule has 1 aromatic heterocycles. The highest BCUT2D eigenvalue weighted by molar-refractivity contribution is 6.12. The van der Waals surface area contributed by atoms with Gasteiger partial charge in [-0.3, -0.25) is 0 Å². The minimum absolute atomic E-state index is 0.821. The summed E-state index contributed by atoms with van der Waals surface area (Å²) < 4.78 is 17.2. The Hall–Kier alpha value is -3.72. The predicted molar refractivity (Wildman–Crippen MR) is 118 cm³/mol. The second-order valence-corrected chi connectivity index (χ2v) is 6.93. The van der Waals surface area contributed by atoms with Gasteiger partial charge < -0.3 is 13.9 Å². The Morgan fingerprint density at radius 2 is 1.21 bits per heavy atom. The molecule has 0 saturated heterocycles. The van der Waals surface area contributed by atoms with Crippen LogP contribution in [0.3, 0.4) is 0 Å². The highest BCUT2D eigenvalue weighted by atomic mass is 16.5. The number of methoxy groups -OCH3 is 2. The first-order chi connectivity index (χ1) is 14.3. The smallest absolute Gasteiger partial charge is 0.143 e. The quantitative estimate of drug-likeness (QED) is 0.338. The van der Waals surface area contributed by atoms with Crippen LogP contribution < -0.4 is 9.47 Å². The zero-order valence-corrected chi connectivity index (χ0v) is 16.3. The zero-order chi connectivity index (χ0) is 19.8. The van der Waals surface area contributed by atoms with E-state index in [-0.39, 0.29) is 0 Å². The van der Waals surface area contributed by atoms with Crippen LogP contribution in [0, 0.1) is 0 Å². The molecule has 0 amide bonds. The SMILES string of the molecule is COc1ccc(-c2oc3c(ccc4ccccc43)c2-c2ccc(OC)cc2)cc1. The number of fused-ring (bicyclic) bond motifs is 3. The molecule has 5 aromatic rings. The van der Waals surface area contributed by atoms with Crippen molar-refractivity contribution in [1.82, 2.24) is 0 Å². The van der Waals surface area contributed by atoms with Gasteiger partial charge in [0.05, 0.1) is 14.2 Å². The van der Waals surface area contributed by atoms with E-state index in [0.29, 0.717) is 0 Å². The Morgan fingerprint density at radius 1 is 0.586 bits per heavy atom. The summed E-state index contributed by atoms with van der Waals surface area (Å²) in [4.78, 5) is 0. The van der Waals surface area contributed by atoms with Crippen molar-refractivity contribution in [2.45, 2.75) is 0 Å². The lowest BCUT2D eigenvalue weighted by Gasteiger charge is -2.06. The van der Waals surface area contributed by atoms with E-state index in [1.54, 1.807) is 14.2 Å². The van der Waals surface area contributed by atoms with Crippen molar-refractivity contribution in [3.8, 4) is 33.9 Å². The van der Waals surface area contributed by atoms with Gasteiger partial charge in [0.25, 0.3) is 0 Å². The Morgan fingerprint density at radius 3 is 1.86 bits per heavy atom. The molecular weight excluding hydrogens is 360 g/mol. The summed E-state index contributed by atoms with van der Waals surface area (Å²) in [6, 6.07) is 28.7. The molecular formula is C26H20O3. The number of rotatable bonds is 4. The molecule has 5 rings (SSSR count). The molecule has 0 atom stereocenters. The van der Waals surface area contributed by atoms with E-state index in [9.17, 15) is 0 Å². The molecule has 3 heteroatoms. The topological polar surface area (TPSA) is 31.6 Å². The second-order valence-electron chi connectivity index (χ2n) is 6.93. The van der Waals surface area contributed by atoms with Crippen molar-refractivity contribution in [1.29, 1.82) is 0 Å². The first-order valence-corrected chi connectivity index (χ1v) is 9.51. The average Bonchev–Trinajstić information content (AvgIpc) is 3.19. The van der Waals surface area contributed by atoms with Crippen molar-refractivity contribution in [3.05, 3.63) is 84.9 Å². The summed E-state index contributed by atoms with van der Waals surface area (Å²) in [6.07, 6.45) is 0. The van der Waals surface area contributed by atoms with Crippen molar-refractivity contribution in [2.75, 3.05) is 14.2 Å². The predicted octanol–water partition coefficient (Wildman–Crippen LogP) is 6.94. The molecule has 0 radical (unpaired) electrons. The summed E-state index contributed by atoms with van der Waals surface area (Å²) in [7, 11) is 3.35. The van der Waals surface area contributed by atoms with Gasteiger partial charge in [-0.1, -0.05) is 42.5 Å². The molecule has 29 heavy (non-hydrogen) atoms. The maximum absolute atomic E-state index is 6.51. The van der Waals surface area contributed by atoms with Gasteiger partial charge in [-0.15, -0.1) is 0 Å². The number of furan rings is 1. The van der Waals surface area contributed by atoms with Crippen LogP contribution in [0.4, 0.5) is 0 Å². The molecule has 0 unspecified atom stereocenters. The van der Waals surface area contributed by atoms with Crippen LogP contribution in [-0.2, 0) is 0 Å². The highest BCUT2D eigenvalue weighted by Gasteiger charge is 2.19. The van der Waals surface area contributed by atoms with Crippen molar-refractivity contribution < 1.29 is 13.9 Å². The number of hydrogen-bond donors (Lipinski definition) is 0. The maximum Gasteiger partial charge on any atom is 0.143 e. The molecule has 0 aliphatic heterocycles. The molecule has 142 valence electrons. The van der Waals surface area contributed by atoms with Crippen molar-refractivity contribution in [2.24, 2.45) is 0 Å². The third-order valence-electron chi connectivity index (χ3n) is 5.31. The Bertz CT molecular complexity index is 1300. The number of benzene rings is 4. The average molecular weight is 380 g/mol. The van der Waals surface area contributed by atoms with Gasteiger partial charge in [-0.25, -0.2) is 0 Å². The van der Waals surface area contributed by atoms with E-state index in [1.807, 2.05) is 48.5 Å². The maximum atomic E-state index is 6.51. The summed E-state index contributed by atoms with van der Waals surface area (Å²) in [5.74, 6) is 2.50. The molecule has 0 N–H and O–H groups in total. The molecule has 0 aliphatic rings. The Labute approximate surface area is 169 Å². The van der Waals surface area contributed by atoms with Gasteiger partial charge in [-0.05, 0) is 53.4 Å². The normalized spacial score (nSPS) is 11.1. The van der Waals surface area contributed by atoms with Crippen LogP contribution in [0.1, 0.15) is 0 Å². The molecule has 0 saturated carbocycles. The molecule has 0 aliphatic carbocycles. The third-order valence-corrected chi connectivity index (χ3v) is 5.31. The molecule has 0 fully saturated rings. The first-order valence-electron chi connectivity index (χ1n) is 9.51. The minimum Gasteiger partial charge on any atom is -0.497 e. The minimum atomic E-state index is 0.821. The number of hydrogen-bond acceptors (Lipinski definition) is 3. The Balaban J connectivity index is 1.82. The summed E-state index contributed by atoms with van der Waals surface area (Å²) in [6.45, 7) is 0. The van der Waals surface area contributed by atoms with E-state index in [1.165, 1.54) is 0 Å². The van der Waals surface area contributed by atoms with Gasteiger partial charge >= 0.3 is 0 Å². The van der Waals surface area contributed by atoms with E-state index in [4.69, 9.17) is 13.9 Å². The first kappa shape index (κ1) is 17.4. The monoisotopic (exact) mass is 380 g/mol.